The number of likely N-dealkylation sites (tertiary alicyclic amines) is 2. The van der Waals surface area contributed by atoms with Crippen LogP contribution in [-0.2, 0) is 20.6 Å². The third-order valence-corrected chi connectivity index (χ3v) is 10.0. The van der Waals surface area contributed by atoms with Crippen molar-refractivity contribution >= 4 is 46.5 Å². The summed E-state index contributed by atoms with van der Waals surface area (Å²) in [6, 6.07) is 5.98. The van der Waals surface area contributed by atoms with Gasteiger partial charge in [-0.3, -0.25) is 24.2 Å². The van der Waals surface area contributed by atoms with Crippen LogP contribution in [0, 0.1) is 18.8 Å². The number of hydrogen-bond donors (Lipinski definition) is 1. The summed E-state index contributed by atoms with van der Waals surface area (Å²) in [7, 11) is 1.57. The number of likely N-dealkylation sites (N-methyl/N-ethyl adjacent to an activating group) is 1. The first kappa shape index (κ1) is 32.3. The maximum atomic E-state index is 14.1. The highest BCUT2D eigenvalue weighted by Gasteiger charge is 2.50. The van der Waals surface area contributed by atoms with Crippen LogP contribution in [0.2, 0.25) is 5.02 Å². The maximum Gasteiger partial charge on any atom is 0.416 e. The van der Waals surface area contributed by atoms with Gasteiger partial charge in [-0.1, -0.05) is 24.2 Å². The molecule has 246 valence electrons. The number of β-amino-alcohol motifs (C(OH)–C–C–N with tert-alkyl or cyclic N) is 1. The molecule has 3 amide bonds. The summed E-state index contributed by atoms with van der Waals surface area (Å²) >= 11 is 6.76. The molecule has 4 atom stereocenters. The zero-order valence-corrected chi connectivity index (χ0v) is 26.3. The molecule has 0 aliphatic carbocycles. The van der Waals surface area contributed by atoms with Gasteiger partial charge in [0, 0.05) is 69.8 Å². The molecule has 4 aliphatic heterocycles. The number of carbonyl (C=O) groups is 3. The Hall–Kier alpha value is -3.68. The number of nitrogens with zero attached hydrogens (tertiary/aromatic N) is 6. The van der Waals surface area contributed by atoms with Crippen LogP contribution in [0.15, 0.2) is 43.0 Å². The Labute approximate surface area is 270 Å². The number of rotatable bonds is 5. The van der Waals surface area contributed by atoms with Gasteiger partial charge >= 0.3 is 6.18 Å². The van der Waals surface area contributed by atoms with E-state index < -0.39 is 41.6 Å². The standard InChI is InChI=1S/C32H36ClF3N6O4/c1-4-27(44)40-15-22(16-40)39-9-8-19(25(43)17-39)13-41-14-20-11-28(45)42(26-12-21(32(34,35)36)10-18(2)37-26)29(20)31(46)38(3)24-7-5-6-23(33)30(24)41/h4-7,10,12,19-20,22,25,29,43H,1,8-9,11,13-17H2,2-3H3/t19?,20-,25?,29+/m1/s1. The van der Waals surface area contributed by atoms with Crippen LogP contribution >= 0.6 is 11.6 Å². The molecule has 2 unspecified atom stereocenters. The minimum Gasteiger partial charge on any atom is -0.391 e. The first-order chi connectivity index (χ1) is 21.8. The average molecular weight is 661 g/mol. The van der Waals surface area contributed by atoms with Gasteiger partial charge < -0.3 is 19.8 Å². The lowest BCUT2D eigenvalue weighted by molar-refractivity contribution is -0.137. The van der Waals surface area contributed by atoms with Gasteiger partial charge in [0.05, 0.1) is 28.1 Å². The third kappa shape index (κ3) is 5.84. The SMILES string of the molecule is C=CC(=O)N1CC(N2CCC(CN3C[C@H]4CC(=O)N(c5cc(C(F)(F)F)cc(C)n5)[C@@H]4C(=O)N(C)c4cccc(Cl)c43)C(O)C2)C1. The van der Waals surface area contributed by atoms with E-state index in [2.05, 4.69) is 16.5 Å². The molecule has 3 fully saturated rings. The number of aromatic nitrogens is 1. The first-order valence-corrected chi connectivity index (χ1v) is 15.7. The number of pyridine rings is 1. The molecule has 0 saturated carbocycles. The third-order valence-electron chi connectivity index (χ3n) is 9.70. The number of aryl methyl sites for hydroxylation is 1. The van der Waals surface area contributed by atoms with Gasteiger partial charge in [-0.2, -0.15) is 13.2 Å². The monoisotopic (exact) mass is 660 g/mol. The van der Waals surface area contributed by atoms with Gasteiger partial charge in [0.2, 0.25) is 17.7 Å². The predicted molar refractivity (Wildman–Crippen MR) is 167 cm³/mol. The van der Waals surface area contributed by atoms with Crippen LogP contribution in [-0.4, -0.2) is 102 Å². The number of piperidine rings is 1. The van der Waals surface area contributed by atoms with Crippen molar-refractivity contribution < 1.29 is 32.7 Å². The Bertz CT molecular complexity index is 1570. The minimum atomic E-state index is -4.66. The van der Waals surface area contributed by atoms with Crippen LogP contribution in [0.1, 0.15) is 24.1 Å². The van der Waals surface area contributed by atoms with Crippen molar-refractivity contribution in [3.05, 3.63) is 59.3 Å². The van der Waals surface area contributed by atoms with Crippen LogP contribution < -0.4 is 14.7 Å². The second kappa shape index (κ2) is 12.2. The van der Waals surface area contributed by atoms with E-state index in [-0.39, 0.29) is 42.3 Å². The summed E-state index contributed by atoms with van der Waals surface area (Å²) in [6.07, 6.45) is -3.43. The highest BCUT2D eigenvalue weighted by molar-refractivity contribution is 6.34. The highest BCUT2D eigenvalue weighted by atomic mass is 35.5. The molecular formula is C32H36ClF3N6O4. The largest absolute Gasteiger partial charge is 0.416 e. The number of alkyl halides is 3. The number of aliphatic hydroxyl groups excluding tert-OH is 1. The van der Waals surface area contributed by atoms with E-state index in [4.69, 9.17) is 11.6 Å². The van der Waals surface area contributed by atoms with Gasteiger partial charge in [0.15, 0.2) is 0 Å². The predicted octanol–water partition coefficient (Wildman–Crippen LogP) is 3.35. The Morgan fingerprint density at radius 3 is 2.59 bits per heavy atom. The molecule has 4 aliphatic rings. The van der Waals surface area contributed by atoms with E-state index >= 15 is 0 Å². The Kier molecular flexibility index (Phi) is 8.53. The lowest BCUT2D eigenvalue weighted by atomic mass is 9.89. The van der Waals surface area contributed by atoms with Crippen molar-refractivity contribution in [3.8, 4) is 0 Å². The first-order valence-electron chi connectivity index (χ1n) is 15.3. The topological polar surface area (TPSA) is 101 Å². The Balaban J connectivity index is 1.28. The molecular weight excluding hydrogens is 625 g/mol. The molecule has 1 aromatic carbocycles. The van der Waals surface area contributed by atoms with E-state index in [9.17, 15) is 32.7 Å². The fraction of sp³-hybridized carbons (Fsp3) is 0.500. The second-order valence-corrected chi connectivity index (χ2v) is 13.1. The Morgan fingerprint density at radius 2 is 1.91 bits per heavy atom. The molecule has 10 nitrogen and oxygen atoms in total. The minimum absolute atomic E-state index is 0.0693. The number of para-hydroxylation sites is 1. The van der Waals surface area contributed by atoms with Crippen molar-refractivity contribution in [2.45, 2.75) is 44.1 Å². The number of halogens is 4. The summed E-state index contributed by atoms with van der Waals surface area (Å²) in [5, 5.41) is 11.7. The van der Waals surface area contributed by atoms with Crippen molar-refractivity contribution in [1.82, 2.24) is 14.8 Å². The van der Waals surface area contributed by atoms with Crippen molar-refractivity contribution in [3.63, 3.8) is 0 Å². The molecule has 0 radical (unpaired) electrons. The highest BCUT2D eigenvalue weighted by Crippen LogP contribution is 2.43. The van der Waals surface area contributed by atoms with Crippen LogP contribution in [0.3, 0.4) is 0 Å². The quantitative estimate of drug-likeness (QED) is 0.491. The number of fused-ring (bicyclic) bond motifs is 2. The van der Waals surface area contributed by atoms with Gasteiger partial charge in [-0.25, -0.2) is 4.98 Å². The molecule has 46 heavy (non-hydrogen) atoms. The molecule has 14 heteroatoms. The fourth-order valence-corrected chi connectivity index (χ4v) is 7.55. The van der Waals surface area contributed by atoms with E-state index in [1.807, 2.05) is 4.90 Å². The van der Waals surface area contributed by atoms with Crippen molar-refractivity contribution in [2.24, 2.45) is 11.8 Å². The summed E-state index contributed by atoms with van der Waals surface area (Å²) in [5.74, 6) is -2.00. The van der Waals surface area contributed by atoms with E-state index in [0.29, 0.717) is 49.0 Å². The second-order valence-electron chi connectivity index (χ2n) is 12.6. The van der Waals surface area contributed by atoms with Crippen LogP contribution in [0.4, 0.5) is 30.4 Å². The van der Waals surface area contributed by atoms with Crippen LogP contribution in [0.5, 0.6) is 0 Å². The average Bonchev–Trinajstić information content (AvgIpc) is 3.29. The van der Waals surface area contributed by atoms with Crippen LogP contribution in [0.25, 0.3) is 0 Å². The molecule has 5 heterocycles. The van der Waals surface area contributed by atoms with Gasteiger partial charge in [-0.15, -0.1) is 0 Å². The molecule has 0 bridgehead atoms. The maximum absolute atomic E-state index is 14.1. The fourth-order valence-electron chi connectivity index (χ4n) is 7.26. The molecule has 1 N–H and O–H groups in total. The number of hydrogen-bond acceptors (Lipinski definition) is 7. The molecule has 3 saturated heterocycles. The number of benzene rings is 1. The number of carbonyl (C=O) groups excluding carboxylic acids is 3. The molecule has 1 aromatic heterocycles. The van der Waals surface area contributed by atoms with Crippen molar-refractivity contribution in [1.29, 1.82) is 0 Å². The molecule has 0 spiro atoms. The van der Waals surface area contributed by atoms with E-state index in [1.54, 1.807) is 30.1 Å². The lowest BCUT2D eigenvalue weighted by Gasteiger charge is -2.49. The zero-order valence-electron chi connectivity index (χ0n) is 25.6. The van der Waals surface area contributed by atoms with Crippen molar-refractivity contribution in [2.75, 3.05) is 61.0 Å². The van der Waals surface area contributed by atoms with E-state index in [1.165, 1.54) is 17.9 Å². The van der Waals surface area contributed by atoms with Gasteiger partial charge in [0.1, 0.15) is 11.9 Å². The number of amides is 3. The summed E-state index contributed by atoms with van der Waals surface area (Å²) in [5.41, 5.74) is 0.231. The van der Waals surface area contributed by atoms with Gasteiger partial charge in [0.25, 0.3) is 0 Å². The molecule has 2 aromatic rings. The summed E-state index contributed by atoms with van der Waals surface area (Å²) in [4.78, 5) is 52.2. The zero-order chi connectivity index (χ0) is 33.1. The molecule has 6 rings (SSSR count). The summed E-state index contributed by atoms with van der Waals surface area (Å²) < 4.78 is 41.2. The van der Waals surface area contributed by atoms with E-state index in [0.717, 1.165) is 23.6 Å². The summed E-state index contributed by atoms with van der Waals surface area (Å²) in [6.45, 7) is 7.90. The number of aliphatic hydroxyl groups is 1. The lowest BCUT2D eigenvalue weighted by Crippen LogP contribution is -2.64. The normalized spacial score (nSPS) is 26.0. The van der Waals surface area contributed by atoms with Gasteiger partial charge in [-0.05, 0) is 50.2 Å². The Morgan fingerprint density at radius 1 is 1.17 bits per heavy atom. The number of anilines is 3. The smallest absolute Gasteiger partial charge is 0.391 e.